The molecule has 4 amide bonds. The minimum absolute atomic E-state index is 0.0520. The molecular formula is C23H28N4O6S. The number of nitrogens with zero attached hydrogens (tertiary/aromatic N) is 1. The highest BCUT2D eigenvalue weighted by molar-refractivity contribution is 7.92. The quantitative estimate of drug-likeness (QED) is 0.484. The second kappa shape index (κ2) is 8.24. The van der Waals surface area contributed by atoms with Crippen molar-refractivity contribution in [1.82, 2.24) is 15.5 Å². The Hall–Kier alpha value is -2.63. The number of sulfone groups is 1. The number of fused-ring (bicyclic) bond motifs is 1. The molecule has 2 atom stereocenters. The molecule has 3 fully saturated rings. The molecule has 1 aliphatic carbocycles. The van der Waals surface area contributed by atoms with Gasteiger partial charge in [-0.15, -0.1) is 0 Å². The van der Waals surface area contributed by atoms with Crippen molar-refractivity contribution in [3.63, 3.8) is 0 Å². The lowest BCUT2D eigenvalue weighted by Gasteiger charge is -2.50. The summed E-state index contributed by atoms with van der Waals surface area (Å²) >= 11 is 0. The van der Waals surface area contributed by atoms with Gasteiger partial charge in [0.05, 0.1) is 21.6 Å². The largest absolute Gasteiger partial charge is 0.328 e. The van der Waals surface area contributed by atoms with E-state index in [0.29, 0.717) is 38.8 Å². The molecule has 182 valence electrons. The number of carbonyl (C=O) groups is 4. The van der Waals surface area contributed by atoms with Crippen LogP contribution < -0.4 is 16.4 Å². The predicted octanol–water partition coefficient (Wildman–Crippen LogP) is -0.138. The normalized spacial score (nSPS) is 32.5. The van der Waals surface area contributed by atoms with Crippen LogP contribution in [0.5, 0.6) is 0 Å². The number of piperidine rings is 1. The predicted molar refractivity (Wildman–Crippen MR) is 121 cm³/mol. The number of carbonyl (C=O) groups excluding carboxylic acids is 4. The second-order valence-corrected chi connectivity index (χ2v) is 12.5. The summed E-state index contributed by atoms with van der Waals surface area (Å²) < 4.78 is 24.4. The van der Waals surface area contributed by atoms with E-state index in [1.54, 1.807) is 18.2 Å². The summed E-state index contributed by atoms with van der Waals surface area (Å²) in [6, 6.07) is 3.97. The van der Waals surface area contributed by atoms with Gasteiger partial charge >= 0.3 is 0 Å². The first-order valence-electron chi connectivity index (χ1n) is 11.6. The molecule has 0 radical (unpaired) electrons. The van der Waals surface area contributed by atoms with Crippen LogP contribution in [0.1, 0.15) is 64.8 Å². The van der Waals surface area contributed by atoms with E-state index in [1.165, 1.54) is 0 Å². The topological polar surface area (TPSA) is 156 Å². The van der Waals surface area contributed by atoms with Crippen molar-refractivity contribution in [2.75, 3.05) is 12.3 Å². The lowest BCUT2D eigenvalue weighted by atomic mass is 9.70. The molecule has 3 heterocycles. The van der Waals surface area contributed by atoms with Gasteiger partial charge in [0.25, 0.3) is 11.8 Å². The second-order valence-electron chi connectivity index (χ2n) is 9.99. The minimum Gasteiger partial charge on any atom is -0.328 e. The molecule has 1 saturated carbocycles. The summed E-state index contributed by atoms with van der Waals surface area (Å²) in [6.07, 6.45) is 2.51. The van der Waals surface area contributed by atoms with E-state index in [-0.39, 0.29) is 41.7 Å². The molecule has 1 aromatic carbocycles. The summed E-state index contributed by atoms with van der Waals surface area (Å²) in [4.78, 5) is 50.3. The monoisotopic (exact) mass is 488 g/mol. The van der Waals surface area contributed by atoms with Crippen molar-refractivity contribution in [2.45, 2.75) is 61.9 Å². The van der Waals surface area contributed by atoms with Crippen LogP contribution in [0.25, 0.3) is 0 Å². The van der Waals surface area contributed by atoms with Gasteiger partial charge in [0.15, 0.2) is 9.84 Å². The van der Waals surface area contributed by atoms with Crippen molar-refractivity contribution >= 4 is 33.5 Å². The summed E-state index contributed by atoms with van der Waals surface area (Å²) in [5.41, 5.74) is 7.34. The first-order valence-corrected chi connectivity index (χ1v) is 13.3. The van der Waals surface area contributed by atoms with Gasteiger partial charge in [-0.3, -0.25) is 29.4 Å². The standard InChI is InChI=1S/C23H28N4O6S/c24-15-5-6-34(32,33)23(10-15)8-14(9-23)12-25-11-13-1-2-16-17(7-13)22(31)27(21(16)30)18-3-4-19(28)26-20(18)29/h1-2,7,14-15,18,25H,3-6,8-12,24H2,(H,26,28,29). The molecule has 4 aliphatic rings. The van der Waals surface area contributed by atoms with E-state index in [1.807, 2.05) is 0 Å². The minimum atomic E-state index is -3.10. The Bertz CT molecular complexity index is 1190. The first kappa shape index (κ1) is 23.1. The van der Waals surface area contributed by atoms with Gasteiger partial charge in [0, 0.05) is 19.0 Å². The average molecular weight is 489 g/mol. The lowest BCUT2D eigenvalue weighted by molar-refractivity contribution is -0.136. The van der Waals surface area contributed by atoms with Crippen LogP contribution >= 0.6 is 0 Å². The molecule has 1 spiro atoms. The van der Waals surface area contributed by atoms with E-state index in [2.05, 4.69) is 10.6 Å². The molecule has 4 N–H and O–H groups in total. The van der Waals surface area contributed by atoms with Crippen LogP contribution in [0, 0.1) is 5.92 Å². The summed E-state index contributed by atoms with van der Waals surface area (Å²) in [5, 5.41) is 5.52. The molecule has 5 rings (SSSR count). The summed E-state index contributed by atoms with van der Waals surface area (Å²) in [6.45, 7) is 1.11. The third-order valence-electron chi connectivity index (χ3n) is 7.64. The number of nitrogens with one attached hydrogen (secondary N) is 2. The zero-order chi connectivity index (χ0) is 24.3. The molecule has 1 aromatic rings. The van der Waals surface area contributed by atoms with Crippen LogP contribution in [0.15, 0.2) is 18.2 Å². The van der Waals surface area contributed by atoms with Gasteiger partial charge in [-0.05, 0) is 62.3 Å². The van der Waals surface area contributed by atoms with Crippen molar-refractivity contribution in [3.05, 3.63) is 34.9 Å². The zero-order valence-electron chi connectivity index (χ0n) is 18.7. The van der Waals surface area contributed by atoms with E-state index in [4.69, 9.17) is 5.73 Å². The zero-order valence-corrected chi connectivity index (χ0v) is 19.5. The Morgan fingerprint density at radius 1 is 1.06 bits per heavy atom. The van der Waals surface area contributed by atoms with Gasteiger partial charge in [-0.2, -0.15) is 0 Å². The Morgan fingerprint density at radius 3 is 2.53 bits per heavy atom. The maximum atomic E-state index is 12.9. The van der Waals surface area contributed by atoms with Gasteiger partial charge in [0.1, 0.15) is 6.04 Å². The summed E-state index contributed by atoms with van der Waals surface area (Å²) in [7, 11) is -3.10. The van der Waals surface area contributed by atoms with E-state index < -0.39 is 44.3 Å². The molecule has 10 nitrogen and oxygen atoms in total. The van der Waals surface area contributed by atoms with Gasteiger partial charge in [-0.1, -0.05) is 6.07 Å². The highest BCUT2D eigenvalue weighted by Crippen LogP contribution is 2.49. The van der Waals surface area contributed by atoms with Crippen molar-refractivity contribution in [2.24, 2.45) is 11.7 Å². The fraction of sp³-hybridized carbons (Fsp3) is 0.565. The highest BCUT2D eigenvalue weighted by Gasteiger charge is 2.55. The molecule has 2 unspecified atom stereocenters. The number of amides is 4. The Labute approximate surface area is 197 Å². The molecule has 0 bridgehead atoms. The van der Waals surface area contributed by atoms with Gasteiger partial charge in [-0.25, -0.2) is 8.42 Å². The van der Waals surface area contributed by atoms with E-state index in [0.717, 1.165) is 10.5 Å². The van der Waals surface area contributed by atoms with Crippen LogP contribution in [-0.4, -0.2) is 66.1 Å². The number of nitrogens with two attached hydrogens (primary N) is 1. The Balaban J connectivity index is 1.19. The molecule has 0 aromatic heterocycles. The summed E-state index contributed by atoms with van der Waals surface area (Å²) in [5.74, 6) is -1.68. The molecular weight excluding hydrogens is 460 g/mol. The highest BCUT2D eigenvalue weighted by atomic mass is 32.2. The first-order chi connectivity index (χ1) is 16.1. The van der Waals surface area contributed by atoms with Crippen LogP contribution in [0.2, 0.25) is 0 Å². The fourth-order valence-corrected chi connectivity index (χ4v) is 8.33. The number of hydrogen-bond donors (Lipinski definition) is 3. The van der Waals surface area contributed by atoms with Gasteiger partial charge in [0.2, 0.25) is 11.8 Å². The van der Waals surface area contributed by atoms with Crippen LogP contribution in [0.3, 0.4) is 0 Å². The van der Waals surface area contributed by atoms with Gasteiger partial charge < -0.3 is 11.1 Å². The smallest absolute Gasteiger partial charge is 0.262 e. The van der Waals surface area contributed by atoms with E-state index >= 15 is 0 Å². The van der Waals surface area contributed by atoms with Crippen molar-refractivity contribution in [3.8, 4) is 0 Å². The van der Waals surface area contributed by atoms with Crippen LogP contribution in [0.4, 0.5) is 0 Å². The fourth-order valence-electron chi connectivity index (χ4n) is 5.84. The van der Waals surface area contributed by atoms with E-state index in [9.17, 15) is 27.6 Å². The molecule has 2 saturated heterocycles. The van der Waals surface area contributed by atoms with Crippen molar-refractivity contribution < 1.29 is 27.6 Å². The maximum Gasteiger partial charge on any atom is 0.262 e. The Morgan fingerprint density at radius 2 is 1.79 bits per heavy atom. The molecule has 34 heavy (non-hydrogen) atoms. The number of hydrogen-bond acceptors (Lipinski definition) is 8. The number of rotatable bonds is 5. The average Bonchev–Trinajstić information content (AvgIpc) is 2.99. The maximum absolute atomic E-state index is 12.9. The van der Waals surface area contributed by atoms with Crippen molar-refractivity contribution in [1.29, 1.82) is 0 Å². The van der Waals surface area contributed by atoms with Crippen LogP contribution in [-0.2, 0) is 26.0 Å². The molecule has 3 aliphatic heterocycles. The lowest BCUT2D eigenvalue weighted by Crippen LogP contribution is -2.58. The molecule has 11 heteroatoms. The SMILES string of the molecule is NC1CCS(=O)(=O)C2(C1)CC(CNCc1ccc3c(c1)C(=O)N(C1CCC(=O)NC1=O)C3=O)C2. The number of imide groups is 2. The third kappa shape index (κ3) is 3.75. The Kier molecular flexibility index (Phi) is 5.61. The third-order valence-corrected chi connectivity index (χ3v) is 10.2. The number of benzene rings is 1.